The Balaban J connectivity index is 2.09. The van der Waals surface area contributed by atoms with Crippen molar-refractivity contribution in [1.82, 2.24) is 4.57 Å². The Morgan fingerprint density at radius 3 is 2.29 bits per heavy atom. The van der Waals surface area contributed by atoms with Crippen molar-refractivity contribution < 1.29 is 15.0 Å². The van der Waals surface area contributed by atoms with E-state index in [0.717, 1.165) is 27.1 Å². The summed E-state index contributed by atoms with van der Waals surface area (Å²) >= 11 is 3.43. The number of nitrogens with zero attached hydrogens (tertiary/aromatic N) is 1. The van der Waals surface area contributed by atoms with Gasteiger partial charge in [-0.05, 0) is 66.9 Å². The Morgan fingerprint density at radius 1 is 1.00 bits per heavy atom. The van der Waals surface area contributed by atoms with Gasteiger partial charge in [0.1, 0.15) is 5.75 Å². The molecule has 0 unspecified atom stereocenters. The second-order valence-corrected chi connectivity index (χ2v) is 6.36. The number of carbonyl (C=O) groups excluding carboxylic acids is 1. The molecule has 3 aromatic rings. The lowest BCUT2D eigenvalue weighted by molar-refractivity contribution is -0.305. The minimum atomic E-state index is -1.07. The minimum Gasteiger partial charge on any atom is -0.550 e. The van der Waals surface area contributed by atoms with Crippen LogP contribution < -0.4 is 5.11 Å². The van der Waals surface area contributed by atoms with Gasteiger partial charge >= 0.3 is 0 Å². The molecule has 0 bridgehead atoms. The van der Waals surface area contributed by atoms with Crippen molar-refractivity contribution in [3.8, 4) is 22.7 Å². The number of aromatic hydroxyl groups is 1. The second kappa shape index (κ2) is 6.93. The fraction of sp³-hybridized carbons (Fsp3) is 0.105. The molecule has 1 aromatic heterocycles. The van der Waals surface area contributed by atoms with Crippen molar-refractivity contribution in [3.05, 3.63) is 70.8 Å². The smallest absolute Gasteiger partial charge is 0.115 e. The van der Waals surface area contributed by atoms with Gasteiger partial charge in [0.25, 0.3) is 0 Å². The minimum absolute atomic E-state index is 0.0398. The molecular weight excluding hydrogens is 370 g/mol. The van der Waals surface area contributed by atoms with Crippen LogP contribution in [0.5, 0.6) is 5.75 Å². The summed E-state index contributed by atoms with van der Waals surface area (Å²) in [6.07, 6.45) is 0.335. The van der Waals surface area contributed by atoms with E-state index in [1.807, 2.05) is 41.0 Å². The van der Waals surface area contributed by atoms with E-state index >= 15 is 0 Å². The number of carbonyl (C=O) groups is 1. The van der Waals surface area contributed by atoms with E-state index < -0.39 is 5.97 Å². The first-order chi connectivity index (χ1) is 11.5. The van der Waals surface area contributed by atoms with Gasteiger partial charge in [-0.15, -0.1) is 0 Å². The lowest BCUT2D eigenvalue weighted by Crippen LogP contribution is -2.22. The van der Waals surface area contributed by atoms with Gasteiger partial charge in [-0.3, -0.25) is 0 Å². The summed E-state index contributed by atoms with van der Waals surface area (Å²) in [7, 11) is 0. The predicted molar refractivity (Wildman–Crippen MR) is 93.9 cm³/mol. The van der Waals surface area contributed by atoms with Crippen LogP contribution in [0.1, 0.15) is 12.1 Å². The predicted octanol–water partition coefficient (Wildman–Crippen LogP) is 3.29. The van der Waals surface area contributed by atoms with Gasteiger partial charge in [0.15, 0.2) is 0 Å². The zero-order valence-corrected chi connectivity index (χ0v) is 14.4. The van der Waals surface area contributed by atoms with Crippen molar-refractivity contribution in [2.75, 3.05) is 0 Å². The highest BCUT2D eigenvalue weighted by atomic mass is 79.9. The lowest BCUT2D eigenvalue weighted by atomic mass is 10.1. The highest BCUT2D eigenvalue weighted by molar-refractivity contribution is 9.10. The molecule has 0 saturated carbocycles. The Hall–Kier alpha value is -2.53. The van der Waals surface area contributed by atoms with Gasteiger partial charge in [-0.2, -0.15) is 0 Å². The molecule has 0 aliphatic rings. The summed E-state index contributed by atoms with van der Waals surface area (Å²) in [5.74, 6) is -0.883. The number of benzene rings is 2. The number of phenols is 1. The SMILES string of the molecule is O=C([O-])CCc1ccc(-c2ccc(Br)cc2)n1-c1ccc(O)cc1. The van der Waals surface area contributed by atoms with Gasteiger partial charge in [-0.25, -0.2) is 0 Å². The maximum Gasteiger partial charge on any atom is 0.115 e. The summed E-state index contributed by atoms with van der Waals surface area (Å²) < 4.78 is 3.00. The molecule has 5 heteroatoms. The number of carboxylic acids is 1. The van der Waals surface area contributed by atoms with Crippen LogP contribution in [0.15, 0.2) is 65.1 Å². The molecule has 0 spiro atoms. The second-order valence-electron chi connectivity index (χ2n) is 5.44. The summed E-state index contributed by atoms with van der Waals surface area (Å²) in [5, 5.41) is 20.3. The number of hydrogen-bond donors (Lipinski definition) is 1. The first-order valence-corrected chi connectivity index (χ1v) is 8.30. The van der Waals surface area contributed by atoms with Gasteiger partial charge in [-0.1, -0.05) is 28.1 Å². The van der Waals surface area contributed by atoms with Gasteiger partial charge < -0.3 is 19.6 Å². The van der Waals surface area contributed by atoms with E-state index in [1.165, 1.54) is 0 Å². The standard InChI is InChI=1S/C19H16BrNO3/c20-14-3-1-13(2-4-14)18-11-7-16(8-12-19(23)24)21(18)15-5-9-17(22)10-6-15/h1-7,9-11,22H,8,12H2,(H,23,24)/p-1. The van der Waals surface area contributed by atoms with Gasteiger partial charge in [0, 0.05) is 21.8 Å². The monoisotopic (exact) mass is 384 g/mol. The largest absolute Gasteiger partial charge is 0.550 e. The Labute approximate surface area is 148 Å². The first-order valence-electron chi connectivity index (χ1n) is 7.50. The summed E-state index contributed by atoms with van der Waals surface area (Å²) in [6.45, 7) is 0. The third-order valence-electron chi connectivity index (χ3n) is 3.79. The fourth-order valence-corrected chi connectivity index (χ4v) is 2.92. The molecule has 0 amide bonds. The molecule has 0 aliphatic carbocycles. The normalized spacial score (nSPS) is 10.7. The zero-order valence-electron chi connectivity index (χ0n) is 12.8. The summed E-state index contributed by atoms with van der Waals surface area (Å²) in [5.41, 5.74) is 3.72. The van der Waals surface area contributed by atoms with Crippen LogP contribution in [0.2, 0.25) is 0 Å². The van der Waals surface area contributed by atoms with Crippen molar-refractivity contribution in [1.29, 1.82) is 0 Å². The Kier molecular flexibility index (Phi) is 4.71. The van der Waals surface area contributed by atoms with E-state index in [1.54, 1.807) is 24.3 Å². The average Bonchev–Trinajstić information content (AvgIpc) is 2.98. The molecule has 24 heavy (non-hydrogen) atoms. The number of aromatic nitrogens is 1. The van der Waals surface area contributed by atoms with Crippen molar-refractivity contribution in [2.24, 2.45) is 0 Å². The molecule has 0 atom stereocenters. The first kappa shape index (κ1) is 16.3. The van der Waals surface area contributed by atoms with Crippen molar-refractivity contribution >= 4 is 21.9 Å². The van der Waals surface area contributed by atoms with Crippen molar-refractivity contribution in [2.45, 2.75) is 12.8 Å². The Morgan fingerprint density at radius 2 is 1.67 bits per heavy atom. The maximum atomic E-state index is 10.8. The fourth-order valence-electron chi connectivity index (χ4n) is 2.66. The number of hydrogen-bond acceptors (Lipinski definition) is 3. The summed E-state index contributed by atoms with van der Waals surface area (Å²) in [4.78, 5) is 10.8. The highest BCUT2D eigenvalue weighted by Gasteiger charge is 2.12. The number of aryl methyl sites for hydroxylation is 1. The van der Waals surface area contributed by atoms with Crippen LogP contribution in [-0.2, 0) is 11.2 Å². The molecule has 1 N–H and O–H groups in total. The van der Waals surface area contributed by atoms with Crippen LogP contribution in [0.25, 0.3) is 16.9 Å². The molecular formula is C19H15BrNO3-. The number of rotatable bonds is 5. The number of halogens is 1. The van der Waals surface area contributed by atoms with Crippen LogP contribution in [0.4, 0.5) is 0 Å². The molecule has 2 aromatic carbocycles. The number of aliphatic carboxylic acids is 1. The quantitative estimate of drug-likeness (QED) is 0.733. The topological polar surface area (TPSA) is 65.3 Å². The molecule has 122 valence electrons. The van der Waals surface area contributed by atoms with E-state index in [2.05, 4.69) is 15.9 Å². The molecule has 0 saturated heterocycles. The third-order valence-corrected chi connectivity index (χ3v) is 4.32. The van der Waals surface area contributed by atoms with Gasteiger partial charge in [0.05, 0.1) is 5.69 Å². The zero-order chi connectivity index (χ0) is 17.1. The Bertz CT molecular complexity index is 851. The molecule has 0 radical (unpaired) electrons. The number of carboxylic acid groups (broad SMARTS) is 1. The van der Waals surface area contributed by atoms with Crippen LogP contribution in [0.3, 0.4) is 0 Å². The molecule has 0 aliphatic heterocycles. The average molecular weight is 385 g/mol. The van der Waals surface area contributed by atoms with Crippen molar-refractivity contribution in [3.63, 3.8) is 0 Å². The van der Waals surface area contributed by atoms with Crippen LogP contribution in [0, 0.1) is 0 Å². The molecule has 3 rings (SSSR count). The number of phenolic OH excluding ortho intramolecular Hbond substituents is 1. The maximum absolute atomic E-state index is 10.8. The van der Waals surface area contributed by atoms with E-state index in [0.29, 0.717) is 6.42 Å². The highest BCUT2D eigenvalue weighted by Crippen LogP contribution is 2.29. The lowest BCUT2D eigenvalue weighted by Gasteiger charge is -2.14. The molecule has 4 nitrogen and oxygen atoms in total. The van der Waals surface area contributed by atoms with E-state index in [4.69, 9.17) is 0 Å². The summed E-state index contributed by atoms with van der Waals surface area (Å²) in [6, 6.07) is 18.7. The molecule has 0 fully saturated rings. The van der Waals surface area contributed by atoms with Gasteiger partial charge in [0.2, 0.25) is 0 Å². The van der Waals surface area contributed by atoms with Crippen LogP contribution in [-0.4, -0.2) is 15.6 Å². The van der Waals surface area contributed by atoms with E-state index in [9.17, 15) is 15.0 Å². The molecule has 1 heterocycles. The third kappa shape index (κ3) is 3.51. The van der Waals surface area contributed by atoms with E-state index in [-0.39, 0.29) is 12.2 Å². The van der Waals surface area contributed by atoms with Crippen LogP contribution >= 0.6 is 15.9 Å².